The van der Waals surface area contributed by atoms with Gasteiger partial charge in [0.15, 0.2) is 5.13 Å². The molecule has 3 N–H and O–H groups in total. The molecule has 0 fully saturated rings. The van der Waals surface area contributed by atoms with Gasteiger partial charge in [-0.05, 0) is 50.5 Å². The number of aromatic nitrogens is 1. The highest BCUT2D eigenvalue weighted by atomic mass is 32.2. The third-order valence-corrected chi connectivity index (χ3v) is 5.81. The third-order valence-electron chi connectivity index (χ3n) is 3.28. The molecule has 7 heteroatoms. The molecule has 0 saturated carbocycles. The van der Waals surface area contributed by atoms with Gasteiger partial charge in [-0.15, -0.1) is 11.3 Å². The first-order valence-electron chi connectivity index (χ1n) is 6.60. The first-order valence-corrected chi connectivity index (χ1v) is 8.90. The van der Waals surface area contributed by atoms with E-state index in [0.29, 0.717) is 16.4 Å². The molecule has 0 atom stereocenters. The molecule has 0 aliphatic rings. The van der Waals surface area contributed by atoms with Gasteiger partial charge in [0.25, 0.3) is 10.0 Å². The standard InChI is InChI=1S/C14H19N3O2S2/c1-5-12-10(4)20-14(16-12)17-21(18,19)13-7-8(2)6-11(15)9(13)3/h6-7H,5,15H2,1-4H3,(H,16,17). The van der Waals surface area contributed by atoms with Crippen molar-refractivity contribution < 1.29 is 8.42 Å². The molecule has 1 aromatic heterocycles. The predicted octanol–water partition coefficient (Wildman–Crippen LogP) is 3.01. The highest BCUT2D eigenvalue weighted by Crippen LogP contribution is 2.28. The molecular weight excluding hydrogens is 306 g/mol. The van der Waals surface area contributed by atoms with Crippen LogP contribution in [0.15, 0.2) is 17.0 Å². The molecule has 0 saturated heterocycles. The number of benzene rings is 1. The monoisotopic (exact) mass is 325 g/mol. The van der Waals surface area contributed by atoms with Crippen LogP contribution in [0.1, 0.15) is 28.6 Å². The fraction of sp³-hybridized carbons (Fsp3) is 0.357. The maximum absolute atomic E-state index is 12.5. The van der Waals surface area contributed by atoms with Crippen LogP contribution in [-0.2, 0) is 16.4 Å². The molecule has 0 bridgehead atoms. The van der Waals surface area contributed by atoms with Gasteiger partial charge in [-0.3, -0.25) is 4.72 Å². The van der Waals surface area contributed by atoms with E-state index in [4.69, 9.17) is 5.73 Å². The zero-order valence-corrected chi connectivity index (χ0v) is 14.2. The molecule has 0 aliphatic heterocycles. The lowest BCUT2D eigenvalue weighted by molar-refractivity contribution is 0.600. The van der Waals surface area contributed by atoms with Crippen molar-refractivity contribution in [2.75, 3.05) is 10.5 Å². The van der Waals surface area contributed by atoms with Crippen LogP contribution >= 0.6 is 11.3 Å². The van der Waals surface area contributed by atoms with Gasteiger partial charge >= 0.3 is 0 Å². The van der Waals surface area contributed by atoms with Crippen LogP contribution in [-0.4, -0.2) is 13.4 Å². The summed E-state index contributed by atoms with van der Waals surface area (Å²) in [5, 5.41) is 0.392. The summed E-state index contributed by atoms with van der Waals surface area (Å²) in [6, 6.07) is 3.38. The minimum Gasteiger partial charge on any atom is -0.398 e. The van der Waals surface area contributed by atoms with Crippen LogP contribution in [0.4, 0.5) is 10.8 Å². The molecule has 0 spiro atoms. The SMILES string of the molecule is CCc1nc(NS(=O)(=O)c2cc(C)cc(N)c2C)sc1C. The molecule has 1 heterocycles. The van der Waals surface area contributed by atoms with Crippen molar-refractivity contribution >= 4 is 32.2 Å². The van der Waals surface area contributed by atoms with E-state index < -0.39 is 10.0 Å². The van der Waals surface area contributed by atoms with Crippen LogP contribution in [0.25, 0.3) is 0 Å². The Labute approximate surface area is 129 Å². The average molecular weight is 325 g/mol. The van der Waals surface area contributed by atoms with Crippen LogP contribution < -0.4 is 10.5 Å². The zero-order valence-electron chi connectivity index (χ0n) is 12.5. The van der Waals surface area contributed by atoms with Gasteiger partial charge in [-0.2, -0.15) is 0 Å². The van der Waals surface area contributed by atoms with E-state index in [0.717, 1.165) is 22.6 Å². The van der Waals surface area contributed by atoms with E-state index in [-0.39, 0.29) is 4.90 Å². The second kappa shape index (κ2) is 5.65. The molecule has 0 amide bonds. The first-order chi connectivity index (χ1) is 9.74. The largest absolute Gasteiger partial charge is 0.398 e. The molecule has 1 aromatic carbocycles. The second-order valence-electron chi connectivity index (χ2n) is 4.96. The van der Waals surface area contributed by atoms with Crippen LogP contribution in [0.2, 0.25) is 0 Å². The minimum atomic E-state index is -3.68. The van der Waals surface area contributed by atoms with Gasteiger partial charge in [0, 0.05) is 10.6 Å². The van der Waals surface area contributed by atoms with Gasteiger partial charge in [0.2, 0.25) is 0 Å². The van der Waals surface area contributed by atoms with E-state index in [1.165, 1.54) is 11.3 Å². The average Bonchev–Trinajstić information content (AvgIpc) is 2.72. The second-order valence-corrected chi connectivity index (χ2v) is 7.81. The van der Waals surface area contributed by atoms with Crippen molar-refractivity contribution in [2.45, 2.75) is 39.0 Å². The van der Waals surface area contributed by atoms with Crippen molar-refractivity contribution in [3.63, 3.8) is 0 Å². The molecule has 2 rings (SSSR count). The Morgan fingerprint density at radius 1 is 1.29 bits per heavy atom. The molecule has 2 aromatic rings. The summed E-state index contributed by atoms with van der Waals surface area (Å²) in [5.41, 5.74) is 8.60. The molecule has 21 heavy (non-hydrogen) atoms. The number of nitrogens with one attached hydrogen (secondary N) is 1. The van der Waals surface area contributed by atoms with E-state index in [2.05, 4.69) is 9.71 Å². The third kappa shape index (κ3) is 3.19. The lowest BCUT2D eigenvalue weighted by atomic mass is 10.1. The summed E-state index contributed by atoms with van der Waals surface area (Å²) in [7, 11) is -3.68. The van der Waals surface area contributed by atoms with E-state index in [1.54, 1.807) is 19.1 Å². The summed E-state index contributed by atoms with van der Waals surface area (Å²) in [4.78, 5) is 5.53. The van der Waals surface area contributed by atoms with Crippen molar-refractivity contribution in [1.82, 2.24) is 4.98 Å². The molecule has 0 unspecified atom stereocenters. The predicted molar refractivity (Wildman–Crippen MR) is 87.4 cm³/mol. The number of nitrogens with zero attached hydrogens (tertiary/aromatic N) is 1. The number of hydrogen-bond donors (Lipinski definition) is 2. The zero-order chi connectivity index (χ0) is 15.8. The van der Waals surface area contributed by atoms with Crippen molar-refractivity contribution in [2.24, 2.45) is 0 Å². The Balaban J connectivity index is 2.43. The molecule has 0 aliphatic carbocycles. The van der Waals surface area contributed by atoms with E-state index in [9.17, 15) is 8.42 Å². The molecule has 114 valence electrons. The molecular formula is C14H19N3O2S2. The Morgan fingerprint density at radius 2 is 1.95 bits per heavy atom. The number of sulfonamides is 1. The summed E-state index contributed by atoms with van der Waals surface area (Å²) < 4.78 is 27.6. The summed E-state index contributed by atoms with van der Waals surface area (Å²) in [6.07, 6.45) is 0.778. The normalized spacial score (nSPS) is 11.6. The number of thiazole rings is 1. The topological polar surface area (TPSA) is 85.1 Å². The fourth-order valence-electron chi connectivity index (χ4n) is 2.10. The van der Waals surface area contributed by atoms with Gasteiger partial charge in [0.05, 0.1) is 10.6 Å². The Morgan fingerprint density at radius 3 is 2.52 bits per heavy atom. The smallest absolute Gasteiger partial charge is 0.264 e. The molecule has 0 radical (unpaired) electrons. The number of hydrogen-bond acceptors (Lipinski definition) is 5. The van der Waals surface area contributed by atoms with Crippen LogP contribution in [0.5, 0.6) is 0 Å². The maximum Gasteiger partial charge on any atom is 0.264 e. The number of nitrogens with two attached hydrogens (primary N) is 1. The first kappa shape index (κ1) is 15.8. The lowest BCUT2D eigenvalue weighted by Gasteiger charge is -2.11. The van der Waals surface area contributed by atoms with Gasteiger partial charge in [-0.1, -0.05) is 6.92 Å². The summed E-state index contributed by atoms with van der Waals surface area (Å²) in [6.45, 7) is 7.45. The number of anilines is 2. The van der Waals surface area contributed by atoms with E-state index >= 15 is 0 Å². The highest BCUT2D eigenvalue weighted by molar-refractivity contribution is 7.93. The Kier molecular flexibility index (Phi) is 4.25. The van der Waals surface area contributed by atoms with Gasteiger partial charge in [-0.25, -0.2) is 13.4 Å². The number of rotatable bonds is 4. The summed E-state index contributed by atoms with van der Waals surface area (Å²) in [5.74, 6) is 0. The summed E-state index contributed by atoms with van der Waals surface area (Å²) >= 11 is 1.34. The fourth-order valence-corrected chi connectivity index (χ4v) is 4.60. The van der Waals surface area contributed by atoms with Crippen molar-refractivity contribution in [3.8, 4) is 0 Å². The van der Waals surface area contributed by atoms with Crippen LogP contribution in [0.3, 0.4) is 0 Å². The van der Waals surface area contributed by atoms with Crippen molar-refractivity contribution in [3.05, 3.63) is 33.8 Å². The maximum atomic E-state index is 12.5. The Hall–Kier alpha value is -1.60. The van der Waals surface area contributed by atoms with E-state index in [1.807, 2.05) is 20.8 Å². The quantitative estimate of drug-likeness (QED) is 0.846. The van der Waals surface area contributed by atoms with Gasteiger partial charge in [0.1, 0.15) is 0 Å². The minimum absolute atomic E-state index is 0.200. The number of nitrogen functional groups attached to an aromatic ring is 1. The lowest BCUT2D eigenvalue weighted by Crippen LogP contribution is -2.15. The number of aryl methyl sites for hydroxylation is 3. The van der Waals surface area contributed by atoms with Crippen LogP contribution in [0, 0.1) is 20.8 Å². The Bertz CT molecular complexity index is 780. The van der Waals surface area contributed by atoms with Gasteiger partial charge < -0.3 is 5.73 Å². The highest BCUT2D eigenvalue weighted by Gasteiger charge is 2.21. The van der Waals surface area contributed by atoms with Crippen molar-refractivity contribution in [1.29, 1.82) is 0 Å². The molecule has 5 nitrogen and oxygen atoms in total.